The number of carbonyl (C=O) groups is 2. The highest BCUT2D eigenvalue weighted by atomic mass is 35.5. The van der Waals surface area contributed by atoms with Crippen molar-refractivity contribution in [1.29, 1.82) is 0 Å². The zero-order valence-electron chi connectivity index (χ0n) is 16.3. The summed E-state index contributed by atoms with van der Waals surface area (Å²) in [6.07, 6.45) is 1.69. The van der Waals surface area contributed by atoms with Crippen LogP contribution in [0.2, 0.25) is 10.0 Å². The van der Waals surface area contributed by atoms with E-state index in [9.17, 15) is 9.59 Å². The maximum atomic E-state index is 12.3. The summed E-state index contributed by atoms with van der Waals surface area (Å²) < 4.78 is 1.79. The zero-order valence-corrected chi connectivity index (χ0v) is 18.7. The largest absolute Gasteiger partial charge is 0.345 e. The number of thioether (sulfide) groups is 1. The maximum absolute atomic E-state index is 12.3. The first kappa shape index (κ1) is 22.9. The quantitative estimate of drug-likeness (QED) is 0.352. The molecule has 2 amide bonds. The maximum Gasteiger partial charge on any atom is 0.251 e. The average Bonchev–Trinajstić information content (AvgIpc) is 3.14. The SMILES string of the molecule is C=CCn1c(CNC(=O)c2cccc(Cl)c2)nnc1SCC(=O)Nc1ccccc1Cl. The molecule has 0 unspecified atom stereocenters. The van der Waals surface area contributed by atoms with Gasteiger partial charge < -0.3 is 15.2 Å². The van der Waals surface area contributed by atoms with E-state index in [1.165, 1.54) is 11.8 Å². The number of rotatable bonds is 9. The first-order valence-electron chi connectivity index (χ1n) is 9.22. The lowest BCUT2D eigenvalue weighted by atomic mass is 10.2. The molecule has 0 atom stereocenters. The molecule has 10 heteroatoms. The lowest BCUT2D eigenvalue weighted by Crippen LogP contribution is -2.24. The van der Waals surface area contributed by atoms with Gasteiger partial charge in [0.25, 0.3) is 5.91 Å². The van der Waals surface area contributed by atoms with E-state index in [-0.39, 0.29) is 24.1 Å². The Hall–Kier alpha value is -2.81. The second-order valence-electron chi connectivity index (χ2n) is 6.31. The Bertz CT molecular complexity index is 1100. The van der Waals surface area contributed by atoms with Gasteiger partial charge in [-0.05, 0) is 30.3 Å². The van der Waals surface area contributed by atoms with Gasteiger partial charge in [0.15, 0.2) is 11.0 Å². The molecule has 31 heavy (non-hydrogen) atoms. The van der Waals surface area contributed by atoms with Crippen molar-refractivity contribution in [2.24, 2.45) is 0 Å². The number of amides is 2. The van der Waals surface area contributed by atoms with Crippen molar-refractivity contribution in [2.45, 2.75) is 18.2 Å². The summed E-state index contributed by atoms with van der Waals surface area (Å²) in [5.74, 6) is 0.172. The third kappa shape index (κ3) is 6.33. The van der Waals surface area contributed by atoms with E-state index in [2.05, 4.69) is 27.4 Å². The molecule has 0 aliphatic carbocycles. The zero-order chi connectivity index (χ0) is 22.2. The van der Waals surface area contributed by atoms with Crippen molar-refractivity contribution in [1.82, 2.24) is 20.1 Å². The molecule has 160 valence electrons. The molecule has 0 aliphatic heterocycles. The van der Waals surface area contributed by atoms with Gasteiger partial charge in [-0.2, -0.15) is 0 Å². The highest BCUT2D eigenvalue weighted by Crippen LogP contribution is 2.22. The molecule has 0 radical (unpaired) electrons. The number of hydrogen-bond acceptors (Lipinski definition) is 5. The summed E-state index contributed by atoms with van der Waals surface area (Å²) in [6.45, 7) is 4.35. The van der Waals surface area contributed by atoms with Crippen LogP contribution in [0.25, 0.3) is 0 Å². The van der Waals surface area contributed by atoms with E-state index in [0.29, 0.717) is 38.8 Å². The number of nitrogens with one attached hydrogen (secondary N) is 2. The van der Waals surface area contributed by atoms with Gasteiger partial charge >= 0.3 is 0 Å². The number of carbonyl (C=O) groups excluding carboxylic acids is 2. The molecule has 1 heterocycles. The van der Waals surface area contributed by atoms with Crippen LogP contribution in [-0.2, 0) is 17.9 Å². The van der Waals surface area contributed by atoms with Crippen LogP contribution in [0.3, 0.4) is 0 Å². The summed E-state index contributed by atoms with van der Waals surface area (Å²) in [7, 11) is 0. The number of allylic oxidation sites excluding steroid dienone is 1. The third-order valence-electron chi connectivity index (χ3n) is 4.08. The van der Waals surface area contributed by atoms with Crippen molar-refractivity contribution in [3.63, 3.8) is 0 Å². The number of para-hydroxylation sites is 1. The minimum absolute atomic E-state index is 0.120. The van der Waals surface area contributed by atoms with Crippen LogP contribution >= 0.6 is 35.0 Å². The molecule has 3 rings (SSSR count). The molecular formula is C21H19Cl2N5O2S. The molecule has 1 aromatic heterocycles. The molecule has 0 saturated carbocycles. The van der Waals surface area contributed by atoms with Crippen molar-refractivity contribution >= 4 is 52.5 Å². The minimum Gasteiger partial charge on any atom is -0.345 e. The second kappa shape index (κ2) is 11.0. The van der Waals surface area contributed by atoms with Crippen LogP contribution in [-0.4, -0.2) is 32.3 Å². The summed E-state index contributed by atoms with van der Waals surface area (Å²) in [4.78, 5) is 24.6. The van der Waals surface area contributed by atoms with E-state index in [0.717, 1.165) is 0 Å². The van der Waals surface area contributed by atoms with Gasteiger partial charge in [-0.1, -0.05) is 59.2 Å². The number of anilines is 1. The highest BCUT2D eigenvalue weighted by molar-refractivity contribution is 7.99. The van der Waals surface area contributed by atoms with Gasteiger partial charge in [-0.25, -0.2) is 0 Å². The van der Waals surface area contributed by atoms with Crippen molar-refractivity contribution in [3.05, 3.63) is 82.6 Å². The van der Waals surface area contributed by atoms with E-state index < -0.39 is 0 Å². The Morgan fingerprint density at radius 1 is 1.13 bits per heavy atom. The molecule has 2 aromatic carbocycles. The predicted octanol–water partition coefficient (Wildman–Crippen LogP) is 4.43. The molecule has 0 aliphatic rings. The Labute approximate surface area is 193 Å². The summed E-state index contributed by atoms with van der Waals surface area (Å²) in [5, 5.41) is 15.3. The molecule has 0 fully saturated rings. The number of benzene rings is 2. The monoisotopic (exact) mass is 475 g/mol. The molecule has 0 saturated heterocycles. The number of aromatic nitrogens is 3. The fraction of sp³-hybridized carbons (Fsp3) is 0.143. The van der Waals surface area contributed by atoms with E-state index in [4.69, 9.17) is 23.2 Å². The molecule has 2 N–H and O–H groups in total. The third-order valence-corrected chi connectivity index (χ3v) is 5.61. The van der Waals surface area contributed by atoms with E-state index in [1.807, 2.05) is 0 Å². The number of nitrogens with zero attached hydrogens (tertiary/aromatic N) is 3. The molecular weight excluding hydrogens is 457 g/mol. The average molecular weight is 476 g/mol. The lowest BCUT2D eigenvalue weighted by Gasteiger charge is -2.09. The van der Waals surface area contributed by atoms with Gasteiger partial charge in [0.1, 0.15) is 0 Å². The van der Waals surface area contributed by atoms with Crippen LogP contribution in [0.5, 0.6) is 0 Å². The van der Waals surface area contributed by atoms with Crippen molar-refractivity contribution < 1.29 is 9.59 Å². The van der Waals surface area contributed by atoms with E-state index >= 15 is 0 Å². The van der Waals surface area contributed by atoms with Crippen LogP contribution in [0.1, 0.15) is 16.2 Å². The number of hydrogen-bond donors (Lipinski definition) is 2. The van der Waals surface area contributed by atoms with Gasteiger partial charge in [0.2, 0.25) is 5.91 Å². The Morgan fingerprint density at radius 3 is 2.68 bits per heavy atom. The summed E-state index contributed by atoms with van der Waals surface area (Å²) in [6, 6.07) is 13.7. The fourth-order valence-electron chi connectivity index (χ4n) is 2.64. The topological polar surface area (TPSA) is 88.9 Å². The first-order chi connectivity index (χ1) is 15.0. The van der Waals surface area contributed by atoms with E-state index in [1.54, 1.807) is 59.2 Å². The highest BCUT2D eigenvalue weighted by Gasteiger charge is 2.15. The Morgan fingerprint density at radius 2 is 1.94 bits per heavy atom. The van der Waals surface area contributed by atoms with Gasteiger partial charge in [-0.3, -0.25) is 9.59 Å². The van der Waals surface area contributed by atoms with Gasteiger partial charge in [0, 0.05) is 17.1 Å². The van der Waals surface area contributed by atoms with Gasteiger partial charge in [0.05, 0.1) is 23.0 Å². The normalized spacial score (nSPS) is 10.5. The summed E-state index contributed by atoms with van der Waals surface area (Å²) in [5.41, 5.74) is 1.000. The fourth-order valence-corrected chi connectivity index (χ4v) is 3.78. The molecule has 0 spiro atoms. The number of halogens is 2. The molecule has 0 bridgehead atoms. The van der Waals surface area contributed by atoms with Gasteiger partial charge in [-0.15, -0.1) is 16.8 Å². The first-order valence-corrected chi connectivity index (χ1v) is 11.0. The van der Waals surface area contributed by atoms with Crippen molar-refractivity contribution in [3.8, 4) is 0 Å². The van der Waals surface area contributed by atoms with Crippen LogP contribution in [0.15, 0.2) is 66.3 Å². The minimum atomic E-state index is -0.274. The lowest BCUT2D eigenvalue weighted by molar-refractivity contribution is -0.113. The second-order valence-corrected chi connectivity index (χ2v) is 8.09. The summed E-state index contributed by atoms with van der Waals surface area (Å²) >= 11 is 13.2. The standard InChI is InChI=1S/C21H19Cl2N5O2S/c1-2-10-28-18(12-24-20(30)14-6-5-7-15(22)11-14)26-27-21(28)31-13-19(29)25-17-9-4-3-8-16(17)23/h2-9,11H,1,10,12-13H2,(H,24,30)(H,25,29). The smallest absolute Gasteiger partial charge is 0.251 e. The molecule has 7 nitrogen and oxygen atoms in total. The van der Waals surface area contributed by atoms with Crippen LogP contribution in [0, 0.1) is 0 Å². The van der Waals surface area contributed by atoms with Crippen LogP contribution < -0.4 is 10.6 Å². The molecule has 3 aromatic rings. The van der Waals surface area contributed by atoms with Crippen LogP contribution in [0.4, 0.5) is 5.69 Å². The van der Waals surface area contributed by atoms with Crippen molar-refractivity contribution in [2.75, 3.05) is 11.1 Å². The Kier molecular flexibility index (Phi) is 8.11. The predicted molar refractivity (Wildman–Crippen MR) is 124 cm³/mol. The Balaban J connectivity index is 1.61.